The number of nitrogens with zero attached hydrogens (tertiary/aromatic N) is 1. The zero-order chi connectivity index (χ0) is 12.8. The maximum atomic E-state index is 12.0. The number of hydrogen-bond acceptors (Lipinski definition) is 3. The molecule has 0 saturated carbocycles. The van der Waals surface area contributed by atoms with Gasteiger partial charge in [0.15, 0.2) is 0 Å². The third kappa shape index (κ3) is 4.00. The number of nitrogens with one attached hydrogen (secondary N) is 1. The third-order valence-corrected chi connectivity index (χ3v) is 3.35. The highest BCUT2D eigenvalue weighted by Gasteiger charge is 2.25. The molecule has 0 aliphatic carbocycles. The molecule has 1 amide bonds. The van der Waals surface area contributed by atoms with E-state index in [0.29, 0.717) is 6.04 Å². The highest BCUT2D eigenvalue weighted by molar-refractivity contribution is 5.80. The molecule has 1 heterocycles. The summed E-state index contributed by atoms with van der Waals surface area (Å²) in [6.07, 6.45) is 4.27. The predicted octanol–water partition coefficient (Wildman–Crippen LogP) is 0.840. The molecule has 0 bridgehead atoms. The standard InChI is InChI=1S/C12H22N2O3/c1-3-10-6-4-5-7-14(10)11(15)8-13-9(2)12(16)17/h9-10,13H,3-8H2,1-2H3,(H,16,17). The van der Waals surface area contributed by atoms with Gasteiger partial charge in [0.2, 0.25) is 5.91 Å². The number of carbonyl (C=O) groups excluding carboxylic acids is 1. The van der Waals surface area contributed by atoms with Gasteiger partial charge >= 0.3 is 5.97 Å². The molecule has 0 aromatic heterocycles. The Morgan fingerprint density at radius 1 is 1.47 bits per heavy atom. The van der Waals surface area contributed by atoms with Gasteiger partial charge in [-0.25, -0.2) is 0 Å². The molecule has 1 aliphatic rings. The first-order chi connectivity index (χ1) is 8.06. The van der Waals surface area contributed by atoms with E-state index in [1.165, 1.54) is 6.42 Å². The van der Waals surface area contributed by atoms with Gasteiger partial charge in [-0.2, -0.15) is 0 Å². The van der Waals surface area contributed by atoms with Crippen molar-refractivity contribution in [1.29, 1.82) is 0 Å². The van der Waals surface area contributed by atoms with Crippen LogP contribution in [-0.4, -0.2) is 47.1 Å². The molecular weight excluding hydrogens is 220 g/mol. The quantitative estimate of drug-likeness (QED) is 0.749. The Kier molecular flexibility index (Phi) is 5.41. The molecule has 2 N–H and O–H groups in total. The van der Waals surface area contributed by atoms with Gasteiger partial charge in [-0.15, -0.1) is 0 Å². The SMILES string of the molecule is CCC1CCCCN1C(=O)CNC(C)C(=O)O. The summed E-state index contributed by atoms with van der Waals surface area (Å²) in [4.78, 5) is 24.5. The van der Waals surface area contributed by atoms with E-state index >= 15 is 0 Å². The number of carbonyl (C=O) groups is 2. The minimum Gasteiger partial charge on any atom is -0.480 e. The van der Waals surface area contributed by atoms with Crippen molar-refractivity contribution >= 4 is 11.9 Å². The molecule has 5 nitrogen and oxygen atoms in total. The molecule has 1 aliphatic heterocycles. The van der Waals surface area contributed by atoms with Crippen molar-refractivity contribution in [1.82, 2.24) is 10.2 Å². The van der Waals surface area contributed by atoms with E-state index in [2.05, 4.69) is 12.2 Å². The van der Waals surface area contributed by atoms with Crippen LogP contribution >= 0.6 is 0 Å². The van der Waals surface area contributed by atoms with E-state index in [1.54, 1.807) is 6.92 Å². The summed E-state index contributed by atoms with van der Waals surface area (Å²) < 4.78 is 0. The van der Waals surface area contributed by atoms with Crippen molar-refractivity contribution < 1.29 is 14.7 Å². The highest BCUT2D eigenvalue weighted by Crippen LogP contribution is 2.19. The van der Waals surface area contributed by atoms with Crippen LogP contribution in [0.1, 0.15) is 39.5 Å². The van der Waals surface area contributed by atoms with Gasteiger partial charge in [0.1, 0.15) is 6.04 Å². The summed E-state index contributed by atoms with van der Waals surface area (Å²) in [5, 5.41) is 11.4. The molecule has 5 heteroatoms. The van der Waals surface area contributed by atoms with Crippen molar-refractivity contribution in [2.75, 3.05) is 13.1 Å². The number of piperidine rings is 1. The van der Waals surface area contributed by atoms with Crippen LogP contribution < -0.4 is 5.32 Å². The Hall–Kier alpha value is -1.10. The van der Waals surface area contributed by atoms with Crippen LogP contribution in [-0.2, 0) is 9.59 Å². The fourth-order valence-electron chi connectivity index (χ4n) is 2.18. The van der Waals surface area contributed by atoms with Crippen LogP contribution in [0.4, 0.5) is 0 Å². The first kappa shape index (κ1) is 14.0. The van der Waals surface area contributed by atoms with Crippen LogP contribution in [0, 0.1) is 0 Å². The lowest BCUT2D eigenvalue weighted by molar-refractivity contribution is -0.139. The second-order valence-electron chi connectivity index (χ2n) is 4.59. The first-order valence-corrected chi connectivity index (χ1v) is 6.32. The number of likely N-dealkylation sites (tertiary alicyclic amines) is 1. The lowest BCUT2D eigenvalue weighted by Crippen LogP contribution is -2.49. The fourth-order valence-corrected chi connectivity index (χ4v) is 2.18. The summed E-state index contributed by atoms with van der Waals surface area (Å²) in [5.74, 6) is -0.909. The average Bonchev–Trinajstić information content (AvgIpc) is 2.35. The second-order valence-corrected chi connectivity index (χ2v) is 4.59. The van der Waals surface area contributed by atoms with Crippen LogP contribution in [0.5, 0.6) is 0 Å². The topological polar surface area (TPSA) is 69.6 Å². The first-order valence-electron chi connectivity index (χ1n) is 6.32. The summed E-state index contributed by atoms with van der Waals surface area (Å²) in [6.45, 7) is 4.55. The summed E-state index contributed by atoms with van der Waals surface area (Å²) in [7, 11) is 0. The van der Waals surface area contributed by atoms with Gasteiger partial charge in [-0.05, 0) is 32.6 Å². The number of hydrogen-bond donors (Lipinski definition) is 2. The Bertz CT molecular complexity index is 281. The molecule has 0 aromatic rings. The maximum Gasteiger partial charge on any atom is 0.320 e. The summed E-state index contributed by atoms with van der Waals surface area (Å²) in [6, 6.07) is -0.345. The number of aliphatic carboxylic acids is 1. The smallest absolute Gasteiger partial charge is 0.320 e. The van der Waals surface area contributed by atoms with Crippen LogP contribution in [0.15, 0.2) is 0 Å². The van der Waals surface area contributed by atoms with Crippen molar-refractivity contribution in [2.24, 2.45) is 0 Å². The molecule has 1 fully saturated rings. The number of carboxylic acids is 1. The Morgan fingerprint density at radius 2 is 2.18 bits per heavy atom. The molecular formula is C12H22N2O3. The van der Waals surface area contributed by atoms with E-state index in [1.807, 2.05) is 4.90 Å². The van der Waals surface area contributed by atoms with Crippen molar-refractivity contribution in [3.05, 3.63) is 0 Å². The number of carboxylic acid groups (broad SMARTS) is 1. The minimum atomic E-state index is -0.927. The Balaban J connectivity index is 2.42. The Morgan fingerprint density at radius 3 is 2.76 bits per heavy atom. The second kappa shape index (κ2) is 6.59. The molecule has 0 radical (unpaired) electrons. The van der Waals surface area contributed by atoms with Crippen LogP contribution in [0.3, 0.4) is 0 Å². The van der Waals surface area contributed by atoms with Gasteiger partial charge in [0, 0.05) is 12.6 Å². The van der Waals surface area contributed by atoms with E-state index < -0.39 is 12.0 Å². The molecule has 1 saturated heterocycles. The van der Waals surface area contributed by atoms with Gasteiger partial charge in [0.25, 0.3) is 0 Å². The fraction of sp³-hybridized carbons (Fsp3) is 0.833. The van der Waals surface area contributed by atoms with Gasteiger partial charge in [0.05, 0.1) is 6.54 Å². The van der Waals surface area contributed by atoms with Crippen LogP contribution in [0.2, 0.25) is 0 Å². The molecule has 98 valence electrons. The van der Waals surface area contributed by atoms with Gasteiger partial charge < -0.3 is 10.0 Å². The van der Waals surface area contributed by atoms with Gasteiger partial charge in [-0.1, -0.05) is 6.92 Å². The predicted molar refractivity (Wildman–Crippen MR) is 64.7 cm³/mol. The van der Waals surface area contributed by atoms with E-state index in [9.17, 15) is 9.59 Å². The largest absolute Gasteiger partial charge is 0.480 e. The highest BCUT2D eigenvalue weighted by atomic mass is 16.4. The molecule has 0 aromatic carbocycles. The number of amides is 1. The molecule has 1 rings (SSSR count). The number of rotatable bonds is 5. The lowest BCUT2D eigenvalue weighted by atomic mass is 10.00. The van der Waals surface area contributed by atoms with E-state index in [-0.39, 0.29) is 12.5 Å². The van der Waals surface area contributed by atoms with E-state index in [0.717, 1.165) is 25.8 Å². The normalized spacial score (nSPS) is 22.2. The monoisotopic (exact) mass is 242 g/mol. The molecule has 17 heavy (non-hydrogen) atoms. The zero-order valence-electron chi connectivity index (χ0n) is 10.6. The molecule has 0 spiro atoms. The zero-order valence-corrected chi connectivity index (χ0v) is 10.6. The van der Waals surface area contributed by atoms with E-state index in [4.69, 9.17) is 5.11 Å². The maximum absolute atomic E-state index is 12.0. The van der Waals surface area contributed by atoms with Gasteiger partial charge in [-0.3, -0.25) is 14.9 Å². The third-order valence-electron chi connectivity index (χ3n) is 3.35. The van der Waals surface area contributed by atoms with Crippen molar-refractivity contribution in [3.63, 3.8) is 0 Å². The van der Waals surface area contributed by atoms with Crippen molar-refractivity contribution in [3.8, 4) is 0 Å². The van der Waals surface area contributed by atoms with Crippen LogP contribution in [0.25, 0.3) is 0 Å². The van der Waals surface area contributed by atoms with Crippen molar-refractivity contribution in [2.45, 2.75) is 51.6 Å². The Labute approximate surface area is 102 Å². The average molecular weight is 242 g/mol. The molecule has 2 atom stereocenters. The summed E-state index contributed by atoms with van der Waals surface area (Å²) in [5.41, 5.74) is 0. The summed E-state index contributed by atoms with van der Waals surface area (Å²) >= 11 is 0. The molecule has 2 unspecified atom stereocenters. The lowest BCUT2D eigenvalue weighted by Gasteiger charge is -2.35. The minimum absolute atomic E-state index is 0.0182.